The highest BCUT2D eigenvalue weighted by Crippen LogP contribution is 2.21. The SMILES string of the molecule is Cc1cccc(C)c1OCCNC(=O)CNC(=O)c1ccoc1. The second kappa shape index (κ2) is 8.03. The van der Waals surface area contributed by atoms with Crippen LogP contribution in [0, 0.1) is 13.8 Å². The lowest BCUT2D eigenvalue weighted by atomic mass is 10.1. The van der Waals surface area contributed by atoms with E-state index in [9.17, 15) is 9.59 Å². The zero-order valence-electron chi connectivity index (χ0n) is 13.2. The molecule has 1 aromatic carbocycles. The molecule has 122 valence electrons. The minimum absolute atomic E-state index is 0.0899. The third kappa shape index (κ3) is 4.88. The summed E-state index contributed by atoms with van der Waals surface area (Å²) in [6.45, 7) is 4.60. The van der Waals surface area contributed by atoms with Crippen LogP contribution in [-0.4, -0.2) is 31.5 Å². The molecule has 0 spiro atoms. The predicted molar refractivity (Wildman–Crippen MR) is 85.5 cm³/mol. The summed E-state index contributed by atoms with van der Waals surface area (Å²) < 4.78 is 10.5. The molecule has 2 amide bonds. The molecule has 0 atom stereocenters. The van der Waals surface area contributed by atoms with Crippen molar-refractivity contribution in [2.75, 3.05) is 19.7 Å². The maximum atomic E-state index is 11.7. The Hall–Kier alpha value is -2.76. The molecule has 0 saturated carbocycles. The zero-order chi connectivity index (χ0) is 16.7. The number of amides is 2. The van der Waals surface area contributed by atoms with Gasteiger partial charge in [0.05, 0.1) is 24.9 Å². The van der Waals surface area contributed by atoms with Gasteiger partial charge in [-0.1, -0.05) is 18.2 Å². The van der Waals surface area contributed by atoms with E-state index in [1.807, 2.05) is 32.0 Å². The van der Waals surface area contributed by atoms with Gasteiger partial charge in [-0.25, -0.2) is 0 Å². The lowest BCUT2D eigenvalue weighted by Crippen LogP contribution is -2.38. The van der Waals surface area contributed by atoms with Crippen LogP contribution in [0.1, 0.15) is 21.5 Å². The van der Waals surface area contributed by atoms with Crippen LogP contribution >= 0.6 is 0 Å². The molecule has 1 aromatic heterocycles. The van der Waals surface area contributed by atoms with Gasteiger partial charge < -0.3 is 19.8 Å². The molecule has 0 fully saturated rings. The van der Waals surface area contributed by atoms with Crippen LogP contribution in [0.15, 0.2) is 41.2 Å². The molecule has 0 aliphatic carbocycles. The van der Waals surface area contributed by atoms with E-state index in [0.717, 1.165) is 16.9 Å². The number of para-hydroxylation sites is 1. The predicted octanol–water partition coefficient (Wildman–Crippen LogP) is 1.82. The minimum atomic E-state index is -0.347. The van der Waals surface area contributed by atoms with Gasteiger partial charge in [-0.2, -0.15) is 0 Å². The van der Waals surface area contributed by atoms with E-state index >= 15 is 0 Å². The summed E-state index contributed by atoms with van der Waals surface area (Å²) in [6.07, 6.45) is 2.73. The zero-order valence-corrected chi connectivity index (χ0v) is 13.2. The monoisotopic (exact) mass is 316 g/mol. The van der Waals surface area contributed by atoms with Gasteiger partial charge in [-0.05, 0) is 31.0 Å². The lowest BCUT2D eigenvalue weighted by molar-refractivity contribution is -0.120. The summed E-state index contributed by atoms with van der Waals surface area (Å²) in [6, 6.07) is 7.46. The van der Waals surface area contributed by atoms with E-state index in [0.29, 0.717) is 18.7 Å². The number of hydrogen-bond donors (Lipinski definition) is 2. The van der Waals surface area contributed by atoms with Crippen LogP contribution in [0.25, 0.3) is 0 Å². The summed E-state index contributed by atoms with van der Waals surface area (Å²) in [7, 11) is 0. The smallest absolute Gasteiger partial charge is 0.254 e. The van der Waals surface area contributed by atoms with Crippen molar-refractivity contribution in [3.8, 4) is 5.75 Å². The molecular weight excluding hydrogens is 296 g/mol. The number of carbonyl (C=O) groups is 2. The first-order valence-corrected chi connectivity index (χ1v) is 7.34. The number of carbonyl (C=O) groups excluding carboxylic acids is 2. The number of rotatable bonds is 7. The highest BCUT2D eigenvalue weighted by Gasteiger charge is 2.09. The fourth-order valence-corrected chi connectivity index (χ4v) is 2.09. The van der Waals surface area contributed by atoms with Gasteiger partial charge in [0.25, 0.3) is 5.91 Å². The van der Waals surface area contributed by atoms with E-state index in [1.54, 1.807) is 0 Å². The molecule has 1 heterocycles. The highest BCUT2D eigenvalue weighted by atomic mass is 16.5. The van der Waals surface area contributed by atoms with Crippen LogP contribution in [0.3, 0.4) is 0 Å². The lowest BCUT2D eigenvalue weighted by Gasteiger charge is -2.12. The summed E-state index contributed by atoms with van der Waals surface area (Å²) in [4.78, 5) is 23.3. The first-order valence-electron chi connectivity index (χ1n) is 7.34. The Morgan fingerprint density at radius 1 is 1.13 bits per heavy atom. The molecule has 6 nitrogen and oxygen atoms in total. The van der Waals surface area contributed by atoms with Crippen molar-refractivity contribution in [3.05, 3.63) is 53.5 Å². The van der Waals surface area contributed by atoms with Gasteiger partial charge in [0.1, 0.15) is 18.6 Å². The number of hydrogen-bond acceptors (Lipinski definition) is 4. The standard InChI is InChI=1S/C17H20N2O4/c1-12-4-3-5-13(2)16(12)23-9-7-18-15(20)10-19-17(21)14-6-8-22-11-14/h3-6,8,11H,7,9-10H2,1-2H3,(H,18,20)(H,19,21). The number of benzene rings is 1. The maximum absolute atomic E-state index is 11.7. The fraction of sp³-hybridized carbons (Fsp3) is 0.294. The molecule has 6 heteroatoms. The van der Waals surface area contributed by atoms with E-state index in [-0.39, 0.29) is 18.4 Å². The van der Waals surface area contributed by atoms with Crippen molar-refractivity contribution in [3.63, 3.8) is 0 Å². The Labute approximate surface area is 134 Å². The molecule has 0 aliphatic rings. The van der Waals surface area contributed by atoms with Crippen molar-refractivity contribution < 1.29 is 18.7 Å². The van der Waals surface area contributed by atoms with Gasteiger partial charge in [-0.15, -0.1) is 0 Å². The van der Waals surface area contributed by atoms with Crippen molar-refractivity contribution in [1.29, 1.82) is 0 Å². The Bertz CT molecular complexity index is 645. The van der Waals surface area contributed by atoms with Gasteiger partial charge in [0.2, 0.25) is 5.91 Å². The molecule has 0 radical (unpaired) electrons. The molecule has 0 unspecified atom stereocenters. The fourth-order valence-electron chi connectivity index (χ4n) is 2.09. The molecule has 0 aliphatic heterocycles. The molecule has 2 N–H and O–H groups in total. The van der Waals surface area contributed by atoms with Crippen molar-refractivity contribution in [1.82, 2.24) is 10.6 Å². The van der Waals surface area contributed by atoms with E-state index in [2.05, 4.69) is 10.6 Å². The van der Waals surface area contributed by atoms with E-state index in [1.165, 1.54) is 18.6 Å². The van der Waals surface area contributed by atoms with E-state index < -0.39 is 0 Å². The summed E-state index contributed by atoms with van der Waals surface area (Å²) in [5.41, 5.74) is 2.50. The first kappa shape index (κ1) is 16.6. The number of aryl methyl sites for hydroxylation is 2. The maximum Gasteiger partial charge on any atom is 0.254 e. The first-order chi connectivity index (χ1) is 11.1. The molecule has 2 rings (SSSR count). The Morgan fingerprint density at radius 3 is 2.52 bits per heavy atom. The third-order valence-corrected chi connectivity index (χ3v) is 3.27. The largest absolute Gasteiger partial charge is 0.491 e. The Morgan fingerprint density at radius 2 is 1.87 bits per heavy atom. The molecule has 2 aromatic rings. The van der Waals surface area contributed by atoms with Crippen LogP contribution < -0.4 is 15.4 Å². The quantitative estimate of drug-likeness (QED) is 0.764. The van der Waals surface area contributed by atoms with Gasteiger partial charge in [0.15, 0.2) is 0 Å². The minimum Gasteiger partial charge on any atom is -0.491 e. The van der Waals surface area contributed by atoms with Crippen molar-refractivity contribution >= 4 is 11.8 Å². The van der Waals surface area contributed by atoms with E-state index in [4.69, 9.17) is 9.15 Å². The normalized spacial score (nSPS) is 10.2. The summed E-state index contributed by atoms with van der Waals surface area (Å²) in [5.74, 6) is 0.225. The van der Waals surface area contributed by atoms with Crippen LogP contribution in [0.2, 0.25) is 0 Å². The number of nitrogens with one attached hydrogen (secondary N) is 2. The molecule has 0 bridgehead atoms. The molecular formula is C17H20N2O4. The van der Waals surface area contributed by atoms with Crippen LogP contribution in [-0.2, 0) is 4.79 Å². The van der Waals surface area contributed by atoms with Crippen molar-refractivity contribution in [2.24, 2.45) is 0 Å². The summed E-state index contributed by atoms with van der Waals surface area (Å²) >= 11 is 0. The average molecular weight is 316 g/mol. The second-order valence-electron chi connectivity index (χ2n) is 5.11. The third-order valence-electron chi connectivity index (χ3n) is 3.27. The van der Waals surface area contributed by atoms with Crippen molar-refractivity contribution in [2.45, 2.75) is 13.8 Å². The molecule has 23 heavy (non-hydrogen) atoms. The Balaban J connectivity index is 1.66. The average Bonchev–Trinajstić information content (AvgIpc) is 3.06. The van der Waals surface area contributed by atoms with Gasteiger partial charge in [0, 0.05) is 0 Å². The molecule has 0 saturated heterocycles. The Kier molecular flexibility index (Phi) is 5.80. The van der Waals surface area contributed by atoms with Crippen LogP contribution in [0.4, 0.5) is 0 Å². The van der Waals surface area contributed by atoms with Gasteiger partial charge >= 0.3 is 0 Å². The topological polar surface area (TPSA) is 80.6 Å². The van der Waals surface area contributed by atoms with Crippen LogP contribution in [0.5, 0.6) is 5.75 Å². The van der Waals surface area contributed by atoms with Gasteiger partial charge in [-0.3, -0.25) is 9.59 Å². The second-order valence-corrected chi connectivity index (χ2v) is 5.11. The number of furan rings is 1. The number of ether oxygens (including phenoxy) is 1. The highest BCUT2D eigenvalue weighted by molar-refractivity contribution is 5.96. The summed E-state index contributed by atoms with van der Waals surface area (Å²) in [5, 5.41) is 5.20.